The van der Waals surface area contributed by atoms with E-state index in [0.717, 1.165) is 12.1 Å². The van der Waals surface area contributed by atoms with Gasteiger partial charge in [0, 0.05) is 4.47 Å². The molecule has 0 aromatic heterocycles. The Kier molecular flexibility index (Phi) is 5.39. The minimum absolute atomic E-state index is 0.0638. The Bertz CT molecular complexity index is 552. The monoisotopic (exact) mass is 351 g/mol. The van der Waals surface area contributed by atoms with Crippen LogP contribution in [-0.4, -0.2) is 18.9 Å². The van der Waals surface area contributed by atoms with Crippen LogP contribution in [0.15, 0.2) is 16.6 Å². The molecular formula is C12H9BrF3NO3. The van der Waals surface area contributed by atoms with Gasteiger partial charge in [0.25, 0.3) is 0 Å². The van der Waals surface area contributed by atoms with Gasteiger partial charge in [-0.25, -0.2) is 0 Å². The van der Waals surface area contributed by atoms with Gasteiger partial charge in [-0.2, -0.15) is 5.26 Å². The summed E-state index contributed by atoms with van der Waals surface area (Å²) < 4.78 is 45.3. The molecule has 0 saturated carbocycles. The van der Waals surface area contributed by atoms with Crippen molar-refractivity contribution in [1.29, 1.82) is 5.26 Å². The molecule has 0 fully saturated rings. The Balaban J connectivity index is 3.13. The van der Waals surface area contributed by atoms with E-state index in [1.165, 1.54) is 0 Å². The molecule has 0 atom stereocenters. The molecule has 0 saturated heterocycles. The molecule has 1 rings (SSSR count). The highest BCUT2D eigenvalue weighted by atomic mass is 79.9. The molecule has 20 heavy (non-hydrogen) atoms. The van der Waals surface area contributed by atoms with Crippen LogP contribution in [0.4, 0.5) is 13.2 Å². The molecule has 1 aromatic carbocycles. The number of ether oxygens (including phenoxy) is 2. The maximum atomic E-state index is 12.2. The van der Waals surface area contributed by atoms with Gasteiger partial charge in [0.2, 0.25) is 0 Å². The molecule has 0 bridgehead atoms. The summed E-state index contributed by atoms with van der Waals surface area (Å²) in [7, 11) is 0. The summed E-state index contributed by atoms with van der Waals surface area (Å²) in [6.45, 7) is 1.76. The highest BCUT2D eigenvalue weighted by Gasteiger charge is 2.31. The first-order valence-electron chi connectivity index (χ1n) is 5.40. The van der Waals surface area contributed by atoms with Gasteiger partial charge in [-0.05, 0) is 40.5 Å². The first-order valence-corrected chi connectivity index (χ1v) is 6.20. The number of hydrogen-bond acceptors (Lipinski definition) is 4. The zero-order valence-electron chi connectivity index (χ0n) is 10.3. The summed E-state index contributed by atoms with van der Waals surface area (Å²) >= 11 is 3.07. The molecule has 108 valence electrons. The summed E-state index contributed by atoms with van der Waals surface area (Å²) in [5.74, 6) is -1.17. The Morgan fingerprint density at radius 3 is 2.60 bits per heavy atom. The molecule has 0 aliphatic heterocycles. The zero-order valence-corrected chi connectivity index (χ0v) is 11.8. The van der Waals surface area contributed by atoms with Crippen molar-refractivity contribution in [1.82, 2.24) is 0 Å². The third kappa shape index (κ3) is 4.74. The lowest BCUT2D eigenvalue weighted by Gasteiger charge is -2.12. The summed E-state index contributed by atoms with van der Waals surface area (Å²) in [5.41, 5.74) is 0.118. The zero-order chi connectivity index (χ0) is 15.3. The van der Waals surface area contributed by atoms with Crippen molar-refractivity contribution in [2.24, 2.45) is 0 Å². The van der Waals surface area contributed by atoms with Crippen LogP contribution < -0.4 is 4.74 Å². The SMILES string of the molecule is CCOC(=O)Cc1cc(OC(F)(F)F)cc(C#N)c1Br. The number of alkyl halides is 3. The second-order valence-corrected chi connectivity index (χ2v) is 4.38. The lowest BCUT2D eigenvalue weighted by atomic mass is 10.1. The van der Waals surface area contributed by atoms with Crippen LogP contribution in [0.3, 0.4) is 0 Å². The number of halogens is 4. The van der Waals surface area contributed by atoms with Gasteiger partial charge in [-0.15, -0.1) is 13.2 Å². The van der Waals surface area contributed by atoms with Crippen LogP contribution in [0.25, 0.3) is 0 Å². The van der Waals surface area contributed by atoms with Gasteiger partial charge in [0.05, 0.1) is 18.6 Å². The van der Waals surface area contributed by atoms with Crippen LogP contribution in [-0.2, 0) is 16.0 Å². The number of nitriles is 1. The van der Waals surface area contributed by atoms with Crippen LogP contribution in [0, 0.1) is 11.3 Å². The predicted octanol–water partition coefficient (Wildman–Crippen LogP) is 3.32. The van der Waals surface area contributed by atoms with E-state index in [1.807, 2.05) is 0 Å². The van der Waals surface area contributed by atoms with Gasteiger partial charge in [-0.1, -0.05) is 0 Å². The molecule has 0 spiro atoms. The summed E-state index contributed by atoms with van der Waals surface area (Å²) in [5, 5.41) is 8.87. The van der Waals surface area contributed by atoms with Gasteiger partial charge in [-0.3, -0.25) is 4.79 Å². The molecule has 0 N–H and O–H groups in total. The van der Waals surface area contributed by atoms with Gasteiger partial charge in [0.1, 0.15) is 11.8 Å². The van der Waals surface area contributed by atoms with Gasteiger partial charge in [0.15, 0.2) is 0 Å². The normalized spacial score (nSPS) is 10.8. The van der Waals surface area contributed by atoms with Crippen molar-refractivity contribution >= 4 is 21.9 Å². The average molecular weight is 352 g/mol. The van der Waals surface area contributed by atoms with Crippen molar-refractivity contribution in [3.63, 3.8) is 0 Å². The highest BCUT2D eigenvalue weighted by Crippen LogP contribution is 2.31. The Morgan fingerprint density at radius 1 is 1.45 bits per heavy atom. The Hall–Kier alpha value is -1.75. The minimum Gasteiger partial charge on any atom is -0.466 e. The molecule has 0 aliphatic rings. The lowest BCUT2D eigenvalue weighted by molar-refractivity contribution is -0.274. The van der Waals surface area contributed by atoms with Crippen LogP contribution in [0.5, 0.6) is 5.75 Å². The van der Waals surface area contributed by atoms with Crippen molar-refractivity contribution < 1.29 is 27.4 Å². The predicted molar refractivity (Wildman–Crippen MR) is 65.9 cm³/mol. The van der Waals surface area contributed by atoms with E-state index in [9.17, 15) is 18.0 Å². The van der Waals surface area contributed by atoms with Crippen molar-refractivity contribution in [2.75, 3.05) is 6.61 Å². The summed E-state index contributed by atoms with van der Waals surface area (Å²) in [6, 6.07) is 3.69. The maximum Gasteiger partial charge on any atom is 0.573 e. The molecule has 0 unspecified atom stereocenters. The second kappa shape index (κ2) is 6.61. The molecule has 8 heteroatoms. The fourth-order valence-electron chi connectivity index (χ4n) is 1.43. The third-order valence-electron chi connectivity index (χ3n) is 2.12. The van der Waals surface area contributed by atoms with Gasteiger partial charge >= 0.3 is 12.3 Å². The van der Waals surface area contributed by atoms with Gasteiger partial charge < -0.3 is 9.47 Å². The fourth-order valence-corrected chi connectivity index (χ4v) is 1.88. The summed E-state index contributed by atoms with van der Waals surface area (Å²) in [4.78, 5) is 11.4. The standard InChI is InChI=1S/C12H9BrF3NO3/c1-2-19-10(18)5-7-3-9(20-12(14,15)16)4-8(6-17)11(7)13/h3-4H,2,5H2,1H3. The molecule has 0 radical (unpaired) electrons. The number of carbonyl (C=O) groups excluding carboxylic acids is 1. The van der Waals surface area contributed by atoms with E-state index in [-0.39, 0.29) is 28.6 Å². The average Bonchev–Trinajstić information content (AvgIpc) is 2.31. The fraction of sp³-hybridized carbons (Fsp3) is 0.333. The number of esters is 1. The number of hydrogen-bond donors (Lipinski definition) is 0. The van der Waals surface area contributed by atoms with E-state index in [4.69, 9.17) is 10.00 Å². The number of rotatable bonds is 4. The number of carbonyl (C=O) groups is 1. The minimum atomic E-state index is -4.87. The molecule has 0 aliphatic carbocycles. The van der Waals surface area contributed by atoms with E-state index in [1.54, 1.807) is 13.0 Å². The van der Waals surface area contributed by atoms with E-state index < -0.39 is 18.1 Å². The second-order valence-electron chi connectivity index (χ2n) is 3.59. The van der Waals surface area contributed by atoms with Crippen molar-refractivity contribution in [3.05, 3.63) is 27.7 Å². The molecule has 0 amide bonds. The van der Waals surface area contributed by atoms with E-state index in [2.05, 4.69) is 20.7 Å². The quantitative estimate of drug-likeness (QED) is 0.780. The van der Waals surface area contributed by atoms with Crippen LogP contribution in [0.1, 0.15) is 18.1 Å². The maximum absolute atomic E-state index is 12.2. The smallest absolute Gasteiger partial charge is 0.466 e. The lowest BCUT2D eigenvalue weighted by Crippen LogP contribution is -2.17. The molecular weight excluding hydrogens is 343 g/mol. The molecule has 4 nitrogen and oxygen atoms in total. The summed E-state index contributed by atoms with van der Waals surface area (Å²) in [6.07, 6.45) is -5.14. The topological polar surface area (TPSA) is 59.3 Å². The van der Waals surface area contributed by atoms with E-state index in [0.29, 0.717) is 0 Å². The molecule has 0 heterocycles. The third-order valence-corrected chi connectivity index (χ3v) is 3.05. The Morgan fingerprint density at radius 2 is 2.10 bits per heavy atom. The number of benzene rings is 1. The van der Waals surface area contributed by atoms with Crippen molar-refractivity contribution in [3.8, 4) is 11.8 Å². The van der Waals surface area contributed by atoms with E-state index >= 15 is 0 Å². The first-order chi connectivity index (χ1) is 9.26. The highest BCUT2D eigenvalue weighted by molar-refractivity contribution is 9.10. The first kappa shape index (κ1) is 16.3. The van der Waals surface area contributed by atoms with Crippen LogP contribution >= 0.6 is 15.9 Å². The number of nitrogens with zero attached hydrogens (tertiary/aromatic N) is 1. The Labute approximate surface area is 121 Å². The largest absolute Gasteiger partial charge is 0.573 e. The molecule has 1 aromatic rings. The van der Waals surface area contributed by atoms with Crippen LogP contribution in [0.2, 0.25) is 0 Å². The van der Waals surface area contributed by atoms with Crippen molar-refractivity contribution in [2.45, 2.75) is 19.7 Å².